The van der Waals surface area contributed by atoms with Crippen LogP contribution < -0.4 is 4.90 Å². The van der Waals surface area contributed by atoms with E-state index in [1.54, 1.807) is 9.80 Å². The van der Waals surface area contributed by atoms with Gasteiger partial charge in [0.05, 0.1) is 17.8 Å². The highest BCUT2D eigenvalue weighted by Crippen LogP contribution is 2.34. The summed E-state index contributed by atoms with van der Waals surface area (Å²) in [5, 5.41) is 3.87. The van der Waals surface area contributed by atoms with Crippen molar-refractivity contribution in [1.29, 1.82) is 0 Å². The summed E-state index contributed by atoms with van der Waals surface area (Å²) >= 11 is 1.53. The molecule has 8 heteroatoms. The number of benzene rings is 1. The average molecular weight is 391 g/mol. The SMILES string of the molecule is CN1CC(=O)N(c2ccsc2)CC12CCN(C(=O)c1ccc(F)c(F)c1)C2. The minimum atomic E-state index is -1.03. The molecule has 2 saturated heterocycles. The quantitative estimate of drug-likeness (QED) is 0.791. The fourth-order valence-electron chi connectivity index (χ4n) is 3.89. The van der Waals surface area contributed by atoms with Crippen LogP contribution in [0.1, 0.15) is 16.8 Å². The average Bonchev–Trinajstić information content (AvgIpc) is 3.31. The van der Waals surface area contributed by atoms with Crippen LogP contribution in [-0.2, 0) is 4.79 Å². The number of nitrogens with zero attached hydrogens (tertiary/aromatic N) is 3. The Hall–Kier alpha value is -2.32. The van der Waals surface area contributed by atoms with Gasteiger partial charge in [-0.1, -0.05) is 0 Å². The fraction of sp³-hybridized carbons (Fsp3) is 0.368. The van der Waals surface area contributed by atoms with Crippen LogP contribution in [0.5, 0.6) is 0 Å². The van der Waals surface area contributed by atoms with E-state index in [0.717, 1.165) is 17.8 Å². The van der Waals surface area contributed by atoms with E-state index in [4.69, 9.17) is 0 Å². The molecule has 27 heavy (non-hydrogen) atoms. The standard InChI is InChI=1S/C19H19F2N3O2S/c1-22-9-17(25)24(14-4-7-27-10-14)12-19(22)5-6-23(11-19)18(26)13-2-3-15(20)16(21)8-13/h2-4,7-8,10H,5-6,9,11-12H2,1H3. The van der Waals surface area contributed by atoms with E-state index in [9.17, 15) is 18.4 Å². The molecule has 0 radical (unpaired) electrons. The van der Waals surface area contributed by atoms with Crippen molar-refractivity contribution >= 4 is 28.8 Å². The first-order valence-corrected chi connectivity index (χ1v) is 9.62. The highest BCUT2D eigenvalue weighted by molar-refractivity contribution is 7.08. The smallest absolute Gasteiger partial charge is 0.254 e. The highest BCUT2D eigenvalue weighted by Gasteiger charge is 2.48. The van der Waals surface area contributed by atoms with Crippen LogP contribution in [0.2, 0.25) is 0 Å². The van der Waals surface area contributed by atoms with Gasteiger partial charge in [-0.05, 0) is 43.1 Å². The van der Waals surface area contributed by atoms with Crippen molar-refractivity contribution in [3.63, 3.8) is 0 Å². The van der Waals surface area contributed by atoms with Crippen LogP contribution in [0, 0.1) is 11.6 Å². The number of amides is 2. The predicted molar refractivity (Wildman–Crippen MR) is 98.9 cm³/mol. The van der Waals surface area contributed by atoms with Crippen molar-refractivity contribution in [2.24, 2.45) is 0 Å². The van der Waals surface area contributed by atoms with Gasteiger partial charge in [-0.25, -0.2) is 8.78 Å². The van der Waals surface area contributed by atoms with Crippen molar-refractivity contribution in [2.45, 2.75) is 12.0 Å². The summed E-state index contributed by atoms with van der Waals surface area (Å²) in [5.41, 5.74) is 0.669. The Labute approximate surface area is 159 Å². The van der Waals surface area contributed by atoms with Crippen molar-refractivity contribution < 1.29 is 18.4 Å². The maximum atomic E-state index is 13.5. The number of hydrogen-bond donors (Lipinski definition) is 0. The van der Waals surface area contributed by atoms with Gasteiger partial charge in [0.1, 0.15) is 0 Å². The van der Waals surface area contributed by atoms with E-state index in [1.807, 2.05) is 28.8 Å². The van der Waals surface area contributed by atoms with Gasteiger partial charge in [-0.15, -0.1) is 0 Å². The number of likely N-dealkylation sites (N-methyl/N-ethyl adjacent to an activating group) is 1. The van der Waals surface area contributed by atoms with Gasteiger partial charge in [0.25, 0.3) is 5.91 Å². The number of carbonyl (C=O) groups is 2. The van der Waals surface area contributed by atoms with E-state index in [0.29, 0.717) is 26.1 Å². The molecular weight excluding hydrogens is 372 g/mol. The second-order valence-electron chi connectivity index (χ2n) is 7.15. The minimum Gasteiger partial charge on any atom is -0.337 e. The third-order valence-corrected chi connectivity index (χ3v) is 6.21. The number of likely N-dealkylation sites (tertiary alicyclic amines) is 1. The van der Waals surface area contributed by atoms with Gasteiger partial charge in [0, 0.05) is 30.6 Å². The zero-order chi connectivity index (χ0) is 19.2. The monoisotopic (exact) mass is 391 g/mol. The van der Waals surface area contributed by atoms with Crippen LogP contribution in [0.15, 0.2) is 35.0 Å². The lowest BCUT2D eigenvalue weighted by molar-refractivity contribution is -0.123. The first-order valence-electron chi connectivity index (χ1n) is 8.68. The fourth-order valence-corrected chi connectivity index (χ4v) is 4.53. The van der Waals surface area contributed by atoms with Crippen molar-refractivity contribution in [1.82, 2.24) is 9.80 Å². The molecule has 0 aliphatic carbocycles. The number of piperazine rings is 1. The lowest BCUT2D eigenvalue weighted by Gasteiger charge is -2.46. The van der Waals surface area contributed by atoms with Gasteiger partial charge in [-0.3, -0.25) is 14.5 Å². The van der Waals surface area contributed by atoms with Gasteiger partial charge in [0.2, 0.25) is 5.91 Å². The Kier molecular flexibility index (Phi) is 4.47. The molecule has 0 saturated carbocycles. The number of carbonyl (C=O) groups excluding carboxylic acids is 2. The summed E-state index contributed by atoms with van der Waals surface area (Å²) in [6.07, 6.45) is 0.715. The number of rotatable bonds is 2. The zero-order valence-corrected chi connectivity index (χ0v) is 15.6. The molecule has 4 rings (SSSR count). The molecule has 0 bridgehead atoms. The molecule has 2 aliphatic rings. The lowest BCUT2D eigenvalue weighted by atomic mass is 9.93. The molecule has 1 aromatic carbocycles. The van der Waals surface area contributed by atoms with E-state index >= 15 is 0 Å². The number of anilines is 1. The Bertz CT molecular complexity index is 889. The van der Waals surface area contributed by atoms with Gasteiger partial charge < -0.3 is 9.80 Å². The van der Waals surface area contributed by atoms with Crippen LogP contribution in [-0.4, -0.2) is 60.4 Å². The molecule has 142 valence electrons. The Morgan fingerprint density at radius 1 is 1.19 bits per heavy atom. The maximum Gasteiger partial charge on any atom is 0.254 e. The molecule has 2 amide bonds. The topological polar surface area (TPSA) is 43.9 Å². The van der Waals surface area contributed by atoms with E-state index < -0.39 is 11.6 Å². The molecule has 1 aromatic heterocycles. The third-order valence-electron chi connectivity index (χ3n) is 5.54. The number of hydrogen-bond acceptors (Lipinski definition) is 4. The second-order valence-corrected chi connectivity index (χ2v) is 7.93. The summed E-state index contributed by atoms with van der Waals surface area (Å²) in [5.74, 6) is -2.29. The van der Waals surface area contributed by atoms with Crippen molar-refractivity contribution in [3.05, 3.63) is 52.2 Å². The summed E-state index contributed by atoms with van der Waals surface area (Å²) in [4.78, 5) is 30.7. The summed E-state index contributed by atoms with van der Waals surface area (Å²) < 4.78 is 26.6. The summed E-state index contributed by atoms with van der Waals surface area (Å²) in [6, 6.07) is 5.13. The predicted octanol–water partition coefficient (Wildman–Crippen LogP) is 2.59. The molecule has 5 nitrogen and oxygen atoms in total. The first kappa shape index (κ1) is 18.1. The third kappa shape index (κ3) is 3.12. The largest absolute Gasteiger partial charge is 0.337 e. The van der Waals surface area contributed by atoms with Crippen LogP contribution in [0.4, 0.5) is 14.5 Å². The van der Waals surface area contributed by atoms with Gasteiger partial charge in [-0.2, -0.15) is 11.3 Å². The molecule has 2 aromatic rings. The van der Waals surface area contributed by atoms with Crippen LogP contribution in [0.25, 0.3) is 0 Å². The van der Waals surface area contributed by atoms with Crippen LogP contribution >= 0.6 is 11.3 Å². The normalized spacial score (nSPS) is 23.4. The van der Waals surface area contributed by atoms with Gasteiger partial charge in [0.15, 0.2) is 11.6 Å². The van der Waals surface area contributed by atoms with E-state index in [1.165, 1.54) is 17.4 Å². The molecular formula is C19H19F2N3O2S. The summed E-state index contributed by atoms with van der Waals surface area (Å²) in [6.45, 7) is 1.73. The molecule has 0 N–H and O–H groups in total. The molecule has 1 atom stereocenters. The molecule has 2 fully saturated rings. The second kappa shape index (κ2) is 6.69. The summed E-state index contributed by atoms with van der Waals surface area (Å²) in [7, 11) is 1.90. The first-order chi connectivity index (χ1) is 12.9. The van der Waals surface area contributed by atoms with Gasteiger partial charge >= 0.3 is 0 Å². The number of halogens is 2. The van der Waals surface area contributed by atoms with Crippen molar-refractivity contribution in [3.8, 4) is 0 Å². The van der Waals surface area contributed by atoms with Crippen molar-refractivity contribution in [2.75, 3.05) is 38.1 Å². The Balaban J connectivity index is 1.55. The van der Waals surface area contributed by atoms with Crippen LogP contribution in [0.3, 0.4) is 0 Å². The number of thiophene rings is 1. The lowest BCUT2D eigenvalue weighted by Crippen LogP contribution is -2.64. The van der Waals surface area contributed by atoms with E-state index in [-0.39, 0.29) is 29.5 Å². The highest BCUT2D eigenvalue weighted by atomic mass is 32.1. The Morgan fingerprint density at radius 2 is 2.00 bits per heavy atom. The molecule has 1 unspecified atom stereocenters. The van der Waals surface area contributed by atoms with E-state index in [2.05, 4.69) is 0 Å². The molecule has 1 spiro atoms. The Morgan fingerprint density at radius 3 is 2.70 bits per heavy atom. The minimum absolute atomic E-state index is 0.0342. The molecule has 3 heterocycles. The zero-order valence-electron chi connectivity index (χ0n) is 14.8. The molecule has 2 aliphatic heterocycles. The maximum absolute atomic E-state index is 13.5.